The van der Waals surface area contributed by atoms with Crippen molar-refractivity contribution in [2.75, 3.05) is 18.0 Å². The van der Waals surface area contributed by atoms with Crippen molar-refractivity contribution in [3.8, 4) is 17.5 Å². The Hall–Kier alpha value is -2.95. The molecule has 4 heterocycles. The summed E-state index contributed by atoms with van der Waals surface area (Å²) < 4.78 is 1.70. The van der Waals surface area contributed by atoms with Gasteiger partial charge in [0.25, 0.3) is 0 Å². The summed E-state index contributed by atoms with van der Waals surface area (Å²) in [6.07, 6.45) is 6.06. The van der Waals surface area contributed by atoms with E-state index in [4.69, 9.17) is 0 Å². The lowest BCUT2D eigenvalue weighted by Gasteiger charge is -2.38. The fourth-order valence-electron chi connectivity index (χ4n) is 3.95. The van der Waals surface area contributed by atoms with E-state index in [0.29, 0.717) is 30.3 Å². The van der Waals surface area contributed by atoms with Gasteiger partial charge in [0.1, 0.15) is 11.6 Å². The number of fused-ring (bicyclic) bond motifs is 2. The van der Waals surface area contributed by atoms with Crippen molar-refractivity contribution in [1.82, 2.24) is 24.6 Å². The highest BCUT2D eigenvalue weighted by Gasteiger charge is 2.48. The van der Waals surface area contributed by atoms with E-state index >= 15 is 0 Å². The molecule has 2 saturated heterocycles. The Labute approximate surface area is 158 Å². The molecule has 2 aliphatic heterocycles. The third-order valence-electron chi connectivity index (χ3n) is 5.27. The standard InChI is InChI=1S/C19H23N7O/c1-19(2,3)18(27)26-11-14-5-15(26)10-25(14)17-12(6-20)7-21-16(23-17)13-8-22-24(4)9-13/h7-9,14-15H,5,10-11H2,1-4H3/t14-,15+/m0/s1. The molecule has 2 aromatic rings. The van der Waals surface area contributed by atoms with E-state index in [-0.39, 0.29) is 23.4 Å². The molecule has 27 heavy (non-hydrogen) atoms. The van der Waals surface area contributed by atoms with Crippen LogP contribution in [0.25, 0.3) is 11.4 Å². The lowest BCUT2D eigenvalue weighted by Crippen LogP contribution is -2.52. The molecule has 2 fully saturated rings. The van der Waals surface area contributed by atoms with E-state index in [2.05, 4.69) is 26.0 Å². The second kappa shape index (κ2) is 6.05. The van der Waals surface area contributed by atoms with Crippen molar-refractivity contribution in [3.63, 3.8) is 0 Å². The SMILES string of the molecule is Cn1cc(-c2ncc(C#N)c(N3C[C@H]4C[C@H]3CN4C(=O)C(C)(C)C)n2)cn1. The number of hydrogen-bond donors (Lipinski definition) is 0. The van der Waals surface area contributed by atoms with Gasteiger partial charge in [-0.1, -0.05) is 20.8 Å². The minimum Gasteiger partial charge on any atom is -0.348 e. The van der Waals surface area contributed by atoms with Gasteiger partial charge in [-0.3, -0.25) is 9.48 Å². The van der Waals surface area contributed by atoms with Crippen LogP contribution in [0.4, 0.5) is 5.82 Å². The number of rotatable bonds is 2. The predicted molar refractivity (Wildman–Crippen MR) is 99.7 cm³/mol. The lowest BCUT2D eigenvalue weighted by atomic mass is 9.94. The van der Waals surface area contributed by atoms with E-state index in [9.17, 15) is 10.1 Å². The minimum absolute atomic E-state index is 0.171. The number of nitrogens with zero attached hydrogens (tertiary/aromatic N) is 7. The predicted octanol–water partition coefficient (Wildman–Crippen LogP) is 1.58. The van der Waals surface area contributed by atoms with Crippen LogP contribution in [0.2, 0.25) is 0 Å². The van der Waals surface area contributed by atoms with E-state index < -0.39 is 0 Å². The summed E-state index contributed by atoms with van der Waals surface area (Å²) in [5.41, 5.74) is 0.899. The Balaban J connectivity index is 1.62. The summed E-state index contributed by atoms with van der Waals surface area (Å²) in [5, 5.41) is 13.7. The van der Waals surface area contributed by atoms with Gasteiger partial charge in [-0.25, -0.2) is 9.97 Å². The number of aryl methyl sites for hydroxylation is 1. The molecule has 1 amide bonds. The fraction of sp³-hybridized carbons (Fsp3) is 0.526. The number of anilines is 1. The van der Waals surface area contributed by atoms with E-state index in [1.165, 1.54) is 0 Å². The lowest BCUT2D eigenvalue weighted by molar-refractivity contribution is -0.140. The summed E-state index contributed by atoms with van der Waals surface area (Å²) in [7, 11) is 1.84. The second-order valence-corrected chi connectivity index (χ2v) is 8.35. The number of carbonyl (C=O) groups is 1. The number of likely N-dealkylation sites (tertiary alicyclic amines) is 1. The number of hydrogen-bond acceptors (Lipinski definition) is 6. The van der Waals surface area contributed by atoms with Crippen LogP contribution in [0.1, 0.15) is 32.8 Å². The molecule has 0 aromatic carbocycles. The van der Waals surface area contributed by atoms with Crippen molar-refractivity contribution < 1.29 is 4.79 Å². The van der Waals surface area contributed by atoms with Crippen molar-refractivity contribution in [3.05, 3.63) is 24.2 Å². The Morgan fingerprint density at radius 1 is 1.26 bits per heavy atom. The van der Waals surface area contributed by atoms with Crippen LogP contribution in [-0.2, 0) is 11.8 Å². The summed E-state index contributed by atoms with van der Waals surface area (Å²) in [5.74, 6) is 1.40. The highest BCUT2D eigenvalue weighted by atomic mass is 16.2. The molecule has 2 aromatic heterocycles. The monoisotopic (exact) mass is 365 g/mol. The first-order chi connectivity index (χ1) is 12.8. The van der Waals surface area contributed by atoms with Crippen molar-refractivity contribution in [2.45, 2.75) is 39.3 Å². The van der Waals surface area contributed by atoms with Gasteiger partial charge >= 0.3 is 0 Å². The number of piperazine rings is 1. The largest absolute Gasteiger partial charge is 0.348 e. The van der Waals surface area contributed by atoms with Gasteiger partial charge in [-0.15, -0.1) is 0 Å². The van der Waals surface area contributed by atoms with Gasteiger partial charge in [0.2, 0.25) is 5.91 Å². The average Bonchev–Trinajstić information content (AvgIpc) is 3.34. The first-order valence-electron chi connectivity index (χ1n) is 9.12. The second-order valence-electron chi connectivity index (χ2n) is 8.35. The molecule has 8 nitrogen and oxygen atoms in total. The van der Waals surface area contributed by atoms with Crippen LogP contribution in [0.3, 0.4) is 0 Å². The highest BCUT2D eigenvalue weighted by molar-refractivity contribution is 5.82. The number of amides is 1. The van der Waals surface area contributed by atoms with Crippen LogP contribution < -0.4 is 4.90 Å². The molecular weight excluding hydrogens is 342 g/mol. The van der Waals surface area contributed by atoms with Gasteiger partial charge < -0.3 is 9.80 Å². The Morgan fingerprint density at radius 3 is 2.59 bits per heavy atom. The topological polar surface area (TPSA) is 90.9 Å². The molecule has 0 unspecified atom stereocenters. The number of carbonyl (C=O) groups excluding carboxylic acids is 1. The van der Waals surface area contributed by atoms with Crippen LogP contribution in [0.5, 0.6) is 0 Å². The maximum absolute atomic E-state index is 12.7. The molecule has 0 aliphatic carbocycles. The van der Waals surface area contributed by atoms with Crippen molar-refractivity contribution >= 4 is 11.7 Å². The summed E-state index contributed by atoms with van der Waals surface area (Å²) in [4.78, 5) is 25.9. The van der Waals surface area contributed by atoms with Gasteiger partial charge in [0.05, 0.1) is 30.0 Å². The van der Waals surface area contributed by atoms with E-state index in [0.717, 1.165) is 12.0 Å². The minimum atomic E-state index is -0.379. The Bertz CT molecular complexity index is 936. The zero-order chi connectivity index (χ0) is 19.3. The molecule has 0 radical (unpaired) electrons. The molecule has 0 spiro atoms. The first kappa shape index (κ1) is 17.5. The molecule has 2 atom stereocenters. The number of nitriles is 1. The maximum Gasteiger partial charge on any atom is 0.228 e. The van der Waals surface area contributed by atoms with Crippen molar-refractivity contribution in [2.24, 2.45) is 12.5 Å². The van der Waals surface area contributed by atoms with Crippen LogP contribution in [0.15, 0.2) is 18.6 Å². The third kappa shape index (κ3) is 2.93. The summed E-state index contributed by atoms with van der Waals surface area (Å²) in [6.45, 7) is 7.24. The van der Waals surface area contributed by atoms with Gasteiger partial charge in [-0.2, -0.15) is 10.4 Å². The molecule has 0 N–H and O–H groups in total. The molecular formula is C19H23N7O. The van der Waals surface area contributed by atoms with E-state index in [1.807, 2.05) is 38.9 Å². The number of aromatic nitrogens is 4. The van der Waals surface area contributed by atoms with Gasteiger partial charge in [-0.05, 0) is 6.42 Å². The van der Waals surface area contributed by atoms with Gasteiger partial charge in [0, 0.05) is 31.7 Å². The normalized spacial score (nSPS) is 21.6. The quantitative estimate of drug-likeness (QED) is 0.803. The van der Waals surface area contributed by atoms with Crippen molar-refractivity contribution in [1.29, 1.82) is 5.26 Å². The van der Waals surface area contributed by atoms with Gasteiger partial charge in [0.15, 0.2) is 11.6 Å². The van der Waals surface area contributed by atoms with Crippen LogP contribution in [0, 0.1) is 16.7 Å². The average molecular weight is 365 g/mol. The Morgan fingerprint density at radius 2 is 2.04 bits per heavy atom. The van der Waals surface area contributed by atoms with Crippen LogP contribution >= 0.6 is 0 Å². The molecule has 4 rings (SSSR count). The third-order valence-corrected chi connectivity index (χ3v) is 5.27. The molecule has 2 bridgehead atoms. The zero-order valence-electron chi connectivity index (χ0n) is 16.0. The molecule has 8 heteroatoms. The zero-order valence-corrected chi connectivity index (χ0v) is 16.0. The fourth-order valence-corrected chi connectivity index (χ4v) is 3.95. The molecule has 2 aliphatic rings. The smallest absolute Gasteiger partial charge is 0.228 e. The highest BCUT2D eigenvalue weighted by Crippen LogP contribution is 2.37. The molecule has 140 valence electrons. The van der Waals surface area contributed by atoms with E-state index in [1.54, 1.807) is 17.1 Å². The first-order valence-corrected chi connectivity index (χ1v) is 9.12. The van der Waals surface area contributed by atoms with Crippen LogP contribution in [-0.4, -0.2) is 55.7 Å². The maximum atomic E-state index is 12.7. The molecule has 0 saturated carbocycles. The Kier molecular flexibility index (Phi) is 3.91. The summed E-state index contributed by atoms with van der Waals surface area (Å²) >= 11 is 0. The summed E-state index contributed by atoms with van der Waals surface area (Å²) in [6, 6.07) is 2.56.